The maximum atomic E-state index is 13.4. The standard InChI is InChI=1S/C25H24F3N3O6S/c1-15-20(23(33)30(2)37-3)13-21(22(32)29-14-16-8-10-19(11-9-16)38(4,35)36)24(34)31(15)18-7-5-6-17(12-18)25(26,27)28/h5-13H,14H2,1-4H3,(H,29,32). The fourth-order valence-corrected chi connectivity index (χ4v) is 4.23. The molecule has 2 amide bonds. The van der Waals surface area contributed by atoms with Crippen molar-refractivity contribution in [3.8, 4) is 5.69 Å². The summed E-state index contributed by atoms with van der Waals surface area (Å²) in [5.41, 5.74) is -2.27. The van der Waals surface area contributed by atoms with Crippen LogP contribution in [-0.2, 0) is 27.4 Å². The Balaban J connectivity index is 2.08. The molecular weight excluding hydrogens is 527 g/mol. The normalized spacial score (nSPS) is 11.8. The van der Waals surface area contributed by atoms with E-state index >= 15 is 0 Å². The molecule has 0 aliphatic heterocycles. The number of hydroxylamine groups is 2. The van der Waals surface area contributed by atoms with Crippen LogP contribution < -0.4 is 10.9 Å². The number of rotatable bonds is 7. The fraction of sp³-hybridized carbons (Fsp3) is 0.240. The van der Waals surface area contributed by atoms with Gasteiger partial charge in [-0.15, -0.1) is 0 Å². The van der Waals surface area contributed by atoms with Gasteiger partial charge in [-0.2, -0.15) is 13.2 Å². The van der Waals surface area contributed by atoms with Gasteiger partial charge in [0, 0.05) is 31.2 Å². The molecule has 0 fully saturated rings. The van der Waals surface area contributed by atoms with Crippen molar-refractivity contribution in [2.24, 2.45) is 0 Å². The number of alkyl halides is 3. The Morgan fingerprint density at radius 1 is 1.05 bits per heavy atom. The number of amides is 2. The number of carbonyl (C=O) groups is 2. The lowest BCUT2D eigenvalue weighted by molar-refractivity contribution is -0.137. The zero-order valence-electron chi connectivity index (χ0n) is 20.8. The number of nitrogens with zero attached hydrogens (tertiary/aromatic N) is 2. The van der Waals surface area contributed by atoms with Gasteiger partial charge in [0.1, 0.15) is 5.56 Å². The Labute approximate surface area is 216 Å². The molecule has 3 aromatic rings. The van der Waals surface area contributed by atoms with E-state index in [0.717, 1.165) is 40.2 Å². The van der Waals surface area contributed by atoms with Gasteiger partial charge in [0.05, 0.1) is 23.1 Å². The van der Waals surface area contributed by atoms with Crippen LogP contribution >= 0.6 is 0 Å². The van der Waals surface area contributed by atoms with Gasteiger partial charge in [0.2, 0.25) is 0 Å². The molecule has 13 heteroatoms. The molecule has 0 saturated heterocycles. The number of carbonyl (C=O) groups excluding carboxylic acids is 2. The first-order chi connectivity index (χ1) is 17.6. The Morgan fingerprint density at radius 2 is 1.68 bits per heavy atom. The summed E-state index contributed by atoms with van der Waals surface area (Å²) in [6.45, 7) is 1.27. The van der Waals surface area contributed by atoms with Gasteiger partial charge in [0.25, 0.3) is 17.4 Å². The Hall–Kier alpha value is -3.97. The van der Waals surface area contributed by atoms with Crippen molar-refractivity contribution >= 4 is 21.7 Å². The lowest BCUT2D eigenvalue weighted by Gasteiger charge is -2.20. The molecule has 9 nitrogen and oxygen atoms in total. The molecule has 202 valence electrons. The van der Waals surface area contributed by atoms with Crippen molar-refractivity contribution < 1.29 is 36.0 Å². The predicted molar refractivity (Wildman–Crippen MR) is 132 cm³/mol. The van der Waals surface area contributed by atoms with E-state index in [0.29, 0.717) is 5.56 Å². The third-order valence-electron chi connectivity index (χ3n) is 5.72. The number of pyridine rings is 1. The number of halogens is 3. The van der Waals surface area contributed by atoms with E-state index in [9.17, 15) is 36.0 Å². The fourth-order valence-electron chi connectivity index (χ4n) is 3.60. The number of nitrogens with one attached hydrogen (secondary N) is 1. The van der Waals surface area contributed by atoms with Crippen LogP contribution in [-0.4, -0.2) is 50.3 Å². The van der Waals surface area contributed by atoms with Crippen LogP contribution in [0.15, 0.2) is 64.3 Å². The van der Waals surface area contributed by atoms with Gasteiger partial charge in [-0.25, -0.2) is 13.5 Å². The highest BCUT2D eigenvalue weighted by Gasteiger charge is 2.31. The van der Waals surface area contributed by atoms with Crippen molar-refractivity contribution in [2.75, 3.05) is 20.4 Å². The van der Waals surface area contributed by atoms with Gasteiger partial charge in [0.15, 0.2) is 9.84 Å². The van der Waals surface area contributed by atoms with Crippen molar-refractivity contribution in [3.63, 3.8) is 0 Å². The molecule has 0 unspecified atom stereocenters. The maximum Gasteiger partial charge on any atom is 0.416 e. The van der Waals surface area contributed by atoms with Crippen LogP contribution in [0.4, 0.5) is 13.2 Å². The summed E-state index contributed by atoms with van der Waals surface area (Å²) in [4.78, 5) is 44.3. The molecular formula is C25H24F3N3O6S. The minimum absolute atomic E-state index is 0.00358. The molecule has 0 aliphatic rings. The van der Waals surface area contributed by atoms with Crippen molar-refractivity contribution in [2.45, 2.75) is 24.5 Å². The van der Waals surface area contributed by atoms with Crippen molar-refractivity contribution in [1.82, 2.24) is 14.9 Å². The van der Waals surface area contributed by atoms with Gasteiger partial charge in [-0.1, -0.05) is 18.2 Å². The van der Waals surface area contributed by atoms with Gasteiger partial charge >= 0.3 is 6.18 Å². The summed E-state index contributed by atoms with van der Waals surface area (Å²) >= 11 is 0. The Kier molecular flexibility index (Phi) is 8.12. The summed E-state index contributed by atoms with van der Waals surface area (Å²) in [5, 5.41) is 3.36. The molecule has 2 aromatic carbocycles. The monoisotopic (exact) mass is 551 g/mol. The van der Waals surface area contributed by atoms with Crippen LogP contribution in [0, 0.1) is 6.92 Å². The topological polar surface area (TPSA) is 115 Å². The molecule has 3 rings (SSSR count). The van der Waals surface area contributed by atoms with E-state index < -0.39 is 44.5 Å². The van der Waals surface area contributed by atoms with Crippen LogP contribution in [0.1, 0.15) is 37.5 Å². The average Bonchev–Trinajstić information content (AvgIpc) is 2.86. The zero-order valence-corrected chi connectivity index (χ0v) is 21.6. The third-order valence-corrected chi connectivity index (χ3v) is 6.85. The second kappa shape index (κ2) is 10.8. The lowest BCUT2D eigenvalue weighted by Crippen LogP contribution is -2.36. The van der Waals surface area contributed by atoms with Crippen molar-refractivity contribution in [1.29, 1.82) is 0 Å². The molecule has 0 radical (unpaired) electrons. The summed E-state index contributed by atoms with van der Waals surface area (Å²) in [6, 6.07) is 10.7. The van der Waals surface area contributed by atoms with Crippen molar-refractivity contribution in [3.05, 3.63) is 92.9 Å². The van der Waals surface area contributed by atoms with E-state index in [1.54, 1.807) is 0 Å². The molecule has 1 N–H and O–H groups in total. The number of hydrogen-bond acceptors (Lipinski definition) is 6. The molecule has 0 saturated carbocycles. The minimum Gasteiger partial charge on any atom is -0.348 e. The first-order valence-electron chi connectivity index (χ1n) is 11.0. The average molecular weight is 552 g/mol. The first kappa shape index (κ1) is 28.6. The van der Waals surface area contributed by atoms with E-state index in [1.165, 1.54) is 51.4 Å². The highest BCUT2D eigenvalue weighted by molar-refractivity contribution is 7.90. The van der Waals surface area contributed by atoms with Gasteiger partial charge in [-0.3, -0.25) is 23.8 Å². The molecule has 38 heavy (non-hydrogen) atoms. The number of sulfone groups is 1. The summed E-state index contributed by atoms with van der Waals surface area (Å²) in [5.74, 6) is -1.63. The van der Waals surface area contributed by atoms with E-state index in [2.05, 4.69) is 5.32 Å². The first-order valence-corrected chi connectivity index (χ1v) is 12.9. The summed E-state index contributed by atoms with van der Waals surface area (Å²) in [7, 11) is -0.903. The highest BCUT2D eigenvalue weighted by atomic mass is 32.2. The molecule has 0 bridgehead atoms. The molecule has 0 aliphatic carbocycles. The molecule has 0 spiro atoms. The summed E-state index contributed by atoms with van der Waals surface area (Å²) in [6.07, 6.45) is -3.64. The van der Waals surface area contributed by atoms with Crippen LogP contribution in [0.2, 0.25) is 0 Å². The van der Waals surface area contributed by atoms with E-state index in [1.807, 2.05) is 0 Å². The van der Waals surface area contributed by atoms with Crippen LogP contribution in [0.5, 0.6) is 0 Å². The van der Waals surface area contributed by atoms with Gasteiger partial charge < -0.3 is 5.32 Å². The van der Waals surface area contributed by atoms with E-state index in [4.69, 9.17) is 4.84 Å². The summed E-state index contributed by atoms with van der Waals surface area (Å²) < 4.78 is 64.2. The second-order valence-electron chi connectivity index (χ2n) is 8.33. The number of aromatic nitrogens is 1. The quantitative estimate of drug-likeness (QED) is 0.452. The predicted octanol–water partition coefficient (Wildman–Crippen LogP) is 3.13. The zero-order chi connectivity index (χ0) is 28.4. The Bertz CT molecular complexity index is 1550. The Morgan fingerprint density at radius 3 is 2.24 bits per heavy atom. The SMILES string of the molecule is CON(C)C(=O)c1cc(C(=O)NCc2ccc(S(C)(=O)=O)cc2)c(=O)n(-c2cccc(C(F)(F)F)c2)c1C. The lowest BCUT2D eigenvalue weighted by atomic mass is 10.1. The largest absolute Gasteiger partial charge is 0.416 e. The van der Waals surface area contributed by atoms with Gasteiger partial charge in [-0.05, 0) is 48.9 Å². The third kappa shape index (κ3) is 6.11. The highest BCUT2D eigenvalue weighted by Crippen LogP contribution is 2.30. The molecule has 1 heterocycles. The smallest absolute Gasteiger partial charge is 0.348 e. The molecule has 1 aromatic heterocycles. The minimum atomic E-state index is -4.69. The van der Waals surface area contributed by atoms with E-state index in [-0.39, 0.29) is 28.4 Å². The van der Waals surface area contributed by atoms with Crippen LogP contribution in [0.3, 0.4) is 0 Å². The number of benzene rings is 2. The van der Waals surface area contributed by atoms with Crippen LogP contribution in [0.25, 0.3) is 5.69 Å². The maximum absolute atomic E-state index is 13.4. The number of hydrogen-bond donors (Lipinski definition) is 1. The second-order valence-corrected chi connectivity index (χ2v) is 10.3. The molecule has 0 atom stereocenters.